The van der Waals surface area contributed by atoms with Crippen molar-refractivity contribution in [2.45, 2.75) is 32.6 Å². The second kappa shape index (κ2) is 7.23. The Morgan fingerprint density at radius 3 is 2.74 bits per heavy atom. The van der Waals surface area contributed by atoms with Gasteiger partial charge in [0.2, 0.25) is 5.43 Å². The lowest BCUT2D eigenvalue weighted by atomic mass is 9.92. The monoisotopic (exact) mass is 358 g/mol. The number of aromatic amines is 1. The average molecular weight is 358 g/mol. The molecule has 0 saturated heterocycles. The molecule has 1 aromatic heterocycles. The van der Waals surface area contributed by atoms with Crippen molar-refractivity contribution in [1.82, 2.24) is 4.98 Å². The molecule has 0 radical (unpaired) electrons. The lowest BCUT2D eigenvalue weighted by Gasteiger charge is -2.15. The van der Waals surface area contributed by atoms with E-state index in [4.69, 9.17) is 0 Å². The molecule has 0 atom stereocenters. The van der Waals surface area contributed by atoms with Crippen molar-refractivity contribution in [3.05, 3.63) is 81.7 Å². The van der Waals surface area contributed by atoms with E-state index in [-0.39, 0.29) is 11.0 Å². The van der Waals surface area contributed by atoms with Gasteiger partial charge in [-0.1, -0.05) is 24.3 Å². The number of H-pyrrole nitrogens is 1. The third kappa shape index (κ3) is 3.43. The van der Waals surface area contributed by atoms with Crippen molar-refractivity contribution in [2.75, 3.05) is 5.32 Å². The smallest absolute Gasteiger partial charge is 0.261 e. The van der Waals surface area contributed by atoms with Crippen molar-refractivity contribution < 1.29 is 4.79 Å². The summed E-state index contributed by atoms with van der Waals surface area (Å²) in [6.07, 6.45) is 8.53. The summed E-state index contributed by atoms with van der Waals surface area (Å²) in [6.45, 7) is 1.98. The third-order valence-corrected chi connectivity index (χ3v) is 5.17. The number of anilines is 1. The standard InChI is InChI=1S/C23H22N2O2/c1-15-13-17(16-7-3-2-4-8-16)11-12-20(15)25-23(27)19-14-24-21-10-6-5-9-18(21)22(19)26/h5-7,9-14H,2-4,8H2,1H3,(H,24,26)(H,25,27). The number of aromatic nitrogens is 1. The van der Waals surface area contributed by atoms with Crippen molar-refractivity contribution in [3.63, 3.8) is 0 Å². The largest absolute Gasteiger partial charge is 0.360 e. The lowest BCUT2D eigenvalue weighted by Crippen LogP contribution is -2.22. The minimum Gasteiger partial charge on any atom is -0.360 e. The molecule has 3 aromatic rings. The first-order chi connectivity index (χ1) is 13.1. The molecule has 0 aliphatic heterocycles. The van der Waals surface area contributed by atoms with Crippen LogP contribution in [0.1, 0.15) is 47.2 Å². The molecular weight excluding hydrogens is 336 g/mol. The van der Waals surface area contributed by atoms with Crippen LogP contribution in [-0.4, -0.2) is 10.9 Å². The Labute approximate surface area is 157 Å². The first-order valence-electron chi connectivity index (χ1n) is 9.35. The number of allylic oxidation sites excluding steroid dienone is 2. The molecule has 0 spiro atoms. The fraction of sp³-hybridized carbons (Fsp3) is 0.217. The second-order valence-corrected chi connectivity index (χ2v) is 7.04. The predicted molar refractivity (Wildman–Crippen MR) is 110 cm³/mol. The van der Waals surface area contributed by atoms with Crippen LogP contribution in [0.2, 0.25) is 0 Å². The summed E-state index contributed by atoms with van der Waals surface area (Å²) in [4.78, 5) is 28.3. The molecule has 27 heavy (non-hydrogen) atoms. The van der Waals surface area contributed by atoms with Gasteiger partial charge in [-0.05, 0) is 73.6 Å². The molecule has 2 aromatic carbocycles. The maximum absolute atomic E-state index is 12.7. The van der Waals surface area contributed by atoms with Gasteiger partial charge in [0.1, 0.15) is 5.56 Å². The molecule has 1 aliphatic rings. The van der Waals surface area contributed by atoms with E-state index in [1.807, 2.05) is 31.2 Å². The minimum absolute atomic E-state index is 0.118. The van der Waals surface area contributed by atoms with Gasteiger partial charge in [0.25, 0.3) is 5.91 Å². The van der Waals surface area contributed by atoms with Gasteiger partial charge in [-0.2, -0.15) is 0 Å². The Balaban J connectivity index is 1.61. The number of hydrogen-bond donors (Lipinski definition) is 2. The van der Waals surface area contributed by atoms with Crippen LogP contribution in [0.15, 0.2) is 59.5 Å². The zero-order valence-corrected chi connectivity index (χ0v) is 15.3. The Bertz CT molecular complexity index is 1110. The summed E-state index contributed by atoms with van der Waals surface area (Å²) in [7, 11) is 0. The summed E-state index contributed by atoms with van der Waals surface area (Å²) < 4.78 is 0. The Kier molecular flexibility index (Phi) is 4.63. The number of benzene rings is 2. The zero-order chi connectivity index (χ0) is 18.8. The van der Waals surface area contributed by atoms with Crippen LogP contribution < -0.4 is 10.7 Å². The molecule has 1 aliphatic carbocycles. The molecule has 4 heteroatoms. The van der Waals surface area contributed by atoms with Crippen molar-refractivity contribution in [3.8, 4) is 0 Å². The van der Waals surface area contributed by atoms with Gasteiger partial charge in [0.05, 0.1) is 0 Å². The number of nitrogens with one attached hydrogen (secondary N) is 2. The summed E-state index contributed by atoms with van der Waals surface area (Å²) in [6, 6.07) is 13.3. The van der Waals surface area contributed by atoms with E-state index in [0.717, 1.165) is 29.6 Å². The second-order valence-electron chi connectivity index (χ2n) is 7.04. The fourth-order valence-corrected chi connectivity index (χ4v) is 3.63. The van der Waals surface area contributed by atoms with Gasteiger partial charge in [-0.3, -0.25) is 9.59 Å². The number of rotatable bonds is 3. The number of hydrogen-bond acceptors (Lipinski definition) is 2. The maximum atomic E-state index is 12.7. The molecule has 1 heterocycles. The molecule has 2 N–H and O–H groups in total. The van der Waals surface area contributed by atoms with E-state index in [1.54, 1.807) is 12.1 Å². The highest BCUT2D eigenvalue weighted by Crippen LogP contribution is 2.29. The van der Waals surface area contributed by atoms with Gasteiger partial charge in [-0.25, -0.2) is 0 Å². The van der Waals surface area contributed by atoms with Crippen LogP contribution in [0.25, 0.3) is 16.5 Å². The van der Waals surface area contributed by atoms with Crippen LogP contribution in [0.3, 0.4) is 0 Å². The summed E-state index contributed by atoms with van der Waals surface area (Å²) in [5, 5.41) is 3.40. The third-order valence-electron chi connectivity index (χ3n) is 5.17. The number of aryl methyl sites for hydroxylation is 1. The molecule has 0 fully saturated rings. The van der Waals surface area contributed by atoms with Crippen LogP contribution in [0.5, 0.6) is 0 Å². The molecule has 4 nitrogen and oxygen atoms in total. The van der Waals surface area contributed by atoms with Crippen molar-refractivity contribution >= 4 is 28.1 Å². The predicted octanol–water partition coefficient (Wildman–Crippen LogP) is 5.05. The van der Waals surface area contributed by atoms with Gasteiger partial charge < -0.3 is 10.3 Å². The Morgan fingerprint density at radius 2 is 1.96 bits per heavy atom. The first kappa shape index (κ1) is 17.3. The van der Waals surface area contributed by atoms with E-state index >= 15 is 0 Å². The molecule has 0 bridgehead atoms. The maximum Gasteiger partial charge on any atom is 0.261 e. The molecule has 136 valence electrons. The van der Waals surface area contributed by atoms with Crippen molar-refractivity contribution in [2.24, 2.45) is 0 Å². The molecule has 1 amide bonds. The summed E-state index contributed by atoms with van der Waals surface area (Å²) >= 11 is 0. The highest BCUT2D eigenvalue weighted by Gasteiger charge is 2.15. The summed E-state index contributed by atoms with van der Waals surface area (Å²) in [5.41, 5.74) is 4.90. The number of para-hydroxylation sites is 1. The zero-order valence-electron chi connectivity index (χ0n) is 15.3. The SMILES string of the molecule is Cc1cc(C2=CCCCC2)ccc1NC(=O)c1c[nH]c2ccccc2c1=O. The number of carbonyl (C=O) groups is 1. The van der Waals surface area contributed by atoms with E-state index in [2.05, 4.69) is 22.4 Å². The minimum atomic E-state index is -0.394. The Morgan fingerprint density at radius 1 is 1.11 bits per heavy atom. The lowest BCUT2D eigenvalue weighted by molar-refractivity contribution is 0.102. The fourth-order valence-electron chi connectivity index (χ4n) is 3.63. The summed E-state index contributed by atoms with van der Waals surface area (Å²) in [5.74, 6) is -0.394. The van der Waals surface area contributed by atoms with E-state index in [0.29, 0.717) is 5.39 Å². The normalized spacial score (nSPS) is 14.0. The number of carbonyl (C=O) groups excluding carboxylic acids is 1. The molecule has 0 unspecified atom stereocenters. The molecular formula is C23H22N2O2. The topological polar surface area (TPSA) is 62.0 Å². The molecule has 0 saturated carbocycles. The highest BCUT2D eigenvalue weighted by molar-refractivity contribution is 6.06. The van der Waals surface area contributed by atoms with Gasteiger partial charge in [-0.15, -0.1) is 0 Å². The van der Waals surface area contributed by atoms with Gasteiger partial charge >= 0.3 is 0 Å². The first-order valence-corrected chi connectivity index (χ1v) is 9.35. The number of amides is 1. The van der Waals surface area contributed by atoms with Crippen molar-refractivity contribution in [1.29, 1.82) is 0 Å². The number of pyridine rings is 1. The molecule has 4 rings (SSSR count). The van der Waals surface area contributed by atoms with Gasteiger partial charge in [0, 0.05) is 22.8 Å². The van der Waals surface area contributed by atoms with Gasteiger partial charge in [0.15, 0.2) is 0 Å². The van der Waals surface area contributed by atoms with Crippen LogP contribution in [-0.2, 0) is 0 Å². The quantitative estimate of drug-likeness (QED) is 0.688. The van der Waals surface area contributed by atoms with Crippen LogP contribution in [0, 0.1) is 6.92 Å². The number of fused-ring (bicyclic) bond motifs is 1. The van der Waals surface area contributed by atoms with E-state index in [9.17, 15) is 9.59 Å². The van der Waals surface area contributed by atoms with Crippen LogP contribution >= 0.6 is 0 Å². The average Bonchev–Trinajstić information content (AvgIpc) is 2.70. The Hall–Kier alpha value is -3.14. The highest BCUT2D eigenvalue weighted by atomic mass is 16.2. The van der Waals surface area contributed by atoms with E-state index in [1.165, 1.54) is 30.2 Å². The van der Waals surface area contributed by atoms with Crippen LogP contribution in [0.4, 0.5) is 5.69 Å². The van der Waals surface area contributed by atoms with E-state index < -0.39 is 5.91 Å².